The molecule has 8 rings (SSSR count). The lowest BCUT2D eigenvalue weighted by Gasteiger charge is -2.31. The number of phenolic OH excluding ortho intramolecular Hbond substituents is 1. The van der Waals surface area contributed by atoms with Crippen LogP contribution < -0.4 is 14.4 Å². The predicted molar refractivity (Wildman–Crippen MR) is 163 cm³/mol. The van der Waals surface area contributed by atoms with Crippen molar-refractivity contribution in [3.8, 4) is 41.2 Å². The van der Waals surface area contributed by atoms with Crippen molar-refractivity contribution in [2.75, 3.05) is 37.7 Å². The molecular weight excluding hydrogens is 583 g/mol. The number of alkyl halides is 1. The number of nitrogens with zero attached hydrogens (tertiary/aromatic N) is 5. The Hall–Kier alpha value is -4.30. The zero-order valence-electron chi connectivity index (χ0n) is 24.7. The Balaban J connectivity index is 1.33. The van der Waals surface area contributed by atoms with E-state index < -0.39 is 23.3 Å². The van der Waals surface area contributed by atoms with Gasteiger partial charge in [-0.25, -0.2) is 18.2 Å². The minimum Gasteiger partial charge on any atom is -0.508 e. The lowest BCUT2D eigenvalue weighted by atomic mass is 9.95. The summed E-state index contributed by atoms with van der Waals surface area (Å²) in [5.74, 6) is 1.39. The van der Waals surface area contributed by atoms with Crippen molar-refractivity contribution < 1.29 is 27.8 Å². The molecule has 1 N–H and O–H groups in total. The van der Waals surface area contributed by atoms with E-state index in [1.54, 1.807) is 0 Å². The first-order chi connectivity index (χ1) is 21.8. The van der Waals surface area contributed by atoms with Crippen molar-refractivity contribution in [3.05, 3.63) is 41.5 Å². The van der Waals surface area contributed by atoms with E-state index >= 15 is 4.39 Å². The minimum atomic E-state index is -0.922. The van der Waals surface area contributed by atoms with E-state index in [9.17, 15) is 13.9 Å². The number of ether oxygens (including phenoxy) is 2. The number of phenols is 1. The molecule has 2 aromatic carbocycles. The number of terminal acetylenes is 1. The van der Waals surface area contributed by atoms with E-state index in [0.29, 0.717) is 42.7 Å². The number of aromatic hydroxyl groups is 1. The summed E-state index contributed by atoms with van der Waals surface area (Å²) in [5.41, 5.74) is -0.655. The van der Waals surface area contributed by atoms with Crippen LogP contribution in [-0.4, -0.2) is 75.6 Å². The van der Waals surface area contributed by atoms with Crippen LogP contribution in [0.2, 0.25) is 0 Å². The monoisotopic (exact) mass is 615 g/mol. The van der Waals surface area contributed by atoms with E-state index in [1.165, 1.54) is 24.3 Å². The Kier molecular flexibility index (Phi) is 6.68. The second-order valence-corrected chi connectivity index (χ2v) is 12.7. The maximum atomic E-state index is 16.9. The molecule has 232 valence electrons. The van der Waals surface area contributed by atoms with Crippen LogP contribution in [0.3, 0.4) is 0 Å². The highest BCUT2D eigenvalue weighted by Gasteiger charge is 2.49. The minimum absolute atomic E-state index is 0.0101. The standard InChI is InChI=1S/C34H32F3N5O3/c1-2-23-25(36)9-8-19-13-22(43)14-24(26(19)23)29-28(37)30-27-31(42-12-5-3-4-7-21(42)17-44-32(27)38-29)40-33(39-30)45-18-34-10-6-11-41(34)16-20(35)15-34/h1,8-9,13-14,20-21,43H,3-7,10-12,15-18H2/t20-,21?,34+/m1/s1. The smallest absolute Gasteiger partial charge is 0.319 e. The fraction of sp³-hybridized carbons (Fsp3) is 0.441. The van der Waals surface area contributed by atoms with Crippen LogP contribution in [0.1, 0.15) is 50.5 Å². The van der Waals surface area contributed by atoms with Gasteiger partial charge in [-0.1, -0.05) is 24.8 Å². The maximum absolute atomic E-state index is 16.9. The number of aromatic nitrogens is 3. The summed E-state index contributed by atoms with van der Waals surface area (Å²) < 4.78 is 58.8. The number of hydrogen-bond acceptors (Lipinski definition) is 8. The Labute approximate surface area is 258 Å². The summed E-state index contributed by atoms with van der Waals surface area (Å²) in [6.45, 7) is 2.38. The summed E-state index contributed by atoms with van der Waals surface area (Å²) in [7, 11) is 0. The molecule has 2 aromatic heterocycles. The molecule has 45 heavy (non-hydrogen) atoms. The Bertz CT molecular complexity index is 1900. The molecule has 4 aromatic rings. The van der Waals surface area contributed by atoms with Crippen LogP contribution in [-0.2, 0) is 0 Å². The second kappa shape index (κ2) is 10.7. The molecule has 3 fully saturated rings. The zero-order valence-corrected chi connectivity index (χ0v) is 24.7. The normalized spacial score (nSPS) is 24.5. The third-order valence-electron chi connectivity index (χ3n) is 9.96. The van der Waals surface area contributed by atoms with Gasteiger partial charge in [0.15, 0.2) is 5.82 Å². The Morgan fingerprint density at radius 1 is 1.09 bits per heavy atom. The van der Waals surface area contributed by atoms with Crippen molar-refractivity contribution in [2.24, 2.45) is 0 Å². The molecule has 3 saturated heterocycles. The average molecular weight is 616 g/mol. The van der Waals surface area contributed by atoms with Gasteiger partial charge in [0.1, 0.15) is 53.4 Å². The lowest BCUT2D eigenvalue weighted by molar-refractivity contribution is 0.107. The molecular formula is C34H32F3N5O3. The van der Waals surface area contributed by atoms with Gasteiger partial charge in [-0.2, -0.15) is 9.97 Å². The molecule has 8 nitrogen and oxygen atoms in total. The lowest BCUT2D eigenvalue weighted by Crippen LogP contribution is -2.43. The van der Waals surface area contributed by atoms with Gasteiger partial charge < -0.3 is 19.5 Å². The summed E-state index contributed by atoms with van der Waals surface area (Å²) in [5, 5.41) is 11.6. The van der Waals surface area contributed by atoms with Gasteiger partial charge in [0.05, 0.1) is 17.1 Å². The third kappa shape index (κ3) is 4.52. The first-order valence-electron chi connectivity index (χ1n) is 15.6. The molecule has 0 aliphatic carbocycles. The molecule has 0 saturated carbocycles. The molecule has 4 aliphatic rings. The van der Waals surface area contributed by atoms with E-state index in [4.69, 9.17) is 20.9 Å². The van der Waals surface area contributed by atoms with Gasteiger partial charge in [-0.05, 0) is 55.8 Å². The first kappa shape index (κ1) is 28.2. The van der Waals surface area contributed by atoms with Crippen molar-refractivity contribution >= 4 is 27.5 Å². The van der Waals surface area contributed by atoms with Gasteiger partial charge >= 0.3 is 6.01 Å². The quantitative estimate of drug-likeness (QED) is 0.284. The number of halogens is 3. The van der Waals surface area contributed by atoms with E-state index in [2.05, 4.69) is 25.7 Å². The molecule has 0 spiro atoms. The molecule has 0 bridgehead atoms. The van der Waals surface area contributed by atoms with Gasteiger partial charge in [-0.3, -0.25) is 4.90 Å². The summed E-state index contributed by atoms with van der Waals surface area (Å²) >= 11 is 0. The van der Waals surface area contributed by atoms with Gasteiger partial charge in [-0.15, -0.1) is 6.42 Å². The van der Waals surface area contributed by atoms with Crippen molar-refractivity contribution in [1.82, 2.24) is 19.9 Å². The molecule has 1 unspecified atom stereocenters. The highest BCUT2D eigenvalue weighted by Crippen LogP contribution is 2.45. The van der Waals surface area contributed by atoms with Crippen LogP contribution in [0.5, 0.6) is 17.6 Å². The maximum Gasteiger partial charge on any atom is 0.319 e. The van der Waals surface area contributed by atoms with Crippen LogP contribution in [0.4, 0.5) is 19.0 Å². The highest BCUT2D eigenvalue weighted by atomic mass is 19.1. The number of hydrogen-bond donors (Lipinski definition) is 1. The summed E-state index contributed by atoms with van der Waals surface area (Å²) in [6, 6.07) is 5.41. The van der Waals surface area contributed by atoms with Crippen LogP contribution >= 0.6 is 0 Å². The Morgan fingerprint density at radius 2 is 1.98 bits per heavy atom. The SMILES string of the molecule is C#Cc1c(F)ccc2cc(O)cc(-c3nc4c5c(nc(OC[C@@]67CCCN6C[C@H](F)C7)nc5c3F)N3CCCCCC3CO4)c12. The number of anilines is 1. The third-order valence-corrected chi connectivity index (χ3v) is 9.96. The van der Waals surface area contributed by atoms with Gasteiger partial charge in [0.25, 0.3) is 0 Å². The number of fused-ring (bicyclic) bond motifs is 4. The first-order valence-corrected chi connectivity index (χ1v) is 15.6. The van der Waals surface area contributed by atoms with Crippen molar-refractivity contribution in [1.29, 1.82) is 0 Å². The zero-order chi connectivity index (χ0) is 30.9. The second-order valence-electron chi connectivity index (χ2n) is 12.7. The van der Waals surface area contributed by atoms with E-state index in [1.807, 2.05) is 0 Å². The number of pyridine rings is 1. The Morgan fingerprint density at radius 3 is 2.84 bits per heavy atom. The average Bonchev–Trinajstić information content (AvgIpc) is 3.38. The van der Waals surface area contributed by atoms with Crippen LogP contribution in [0.15, 0.2) is 24.3 Å². The molecule has 6 heterocycles. The fourth-order valence-corrected chi connectivity index (χ4v) is 7.86. The molecule has 0 radical (unpaired) electrons. The summed E-state index contributed by atoms with van der Waals surface area (Å²) in [6.07, 6.45) is 10.8. The fourth-order valence-electron chi connectivity index (χ4n) is 7.86. The predicted octanol–water partition coefficient (Wildman–Crippen LogP) is 5.91. The summed E-state index contributed by atoms with van der Waals surface area (Å²) in [4.78, 5) is 18.3. The van der Waals surface area contributed by atoms with E-state index in [0.717, 1.165) is 45.1 Å². The molecule has 11 heteroatoms. The largest absolute Gasteiger partial charge is 0.508 e. The topological polar surface area (TPSA) is 83.8 Å². The van der Waals surface area contributed by atoms with Crippen molar-refractivity contribution in [2.45, 2.75) is 62.7 Å². The van der Waals surface area contributed by atoms with E-state index in [-0.39, 0.29) is 58.0 Å². The molecule has 4 aliphatic heterocycles. The molecule has 3 atom stereocenters. The van der Waals surface area contributed by atoms with Crippen LogP contribution in [0.25, 0.3) is 32.9 Å². The van der Waals surface area contributed by atoms with Crippen molar-refractivity contribution in [3.63, 3.8) is 0 Å². The van der Waals surface area contributed by atoms with Crippen LogP contribution in [0, 0.1) is 24.0 Å². The number of benzene rings is 2. The van der Waals surface area contributed by atoms with Gasteiger partial charge in [0, 0.05) is 30.5 Å². The molecule has 0 amide bonds. The highest BCUT2D eigenvalue weighted by molar-refractivity contribution is 6.04. The number of rotatable bonds is 4. The van der Waals surface area contributed by atoms with Gasteiger partial charge in [0.2, 0.25) is 5.88 Å².